The van der Waals surface area contributed by atoms with Crippen LogP contribution in [0.3, 0.4) is 0 Å². The summed E-state index contributed by atoms with van der Waals surface area (Å²) in [7, 11) is 1.85. The molecule has 0 aliphatic carbocycles. The molecule has 1 aromatic carbocycles. The lowest BCUT2D eigenvalue weighted by atomic mass is 10.1. The van der Waals surface area contributed by atoms with Gasteiger partial charge in [-0.2, -0.15) is 10.2 Å². The molecule has 0 atom stereocenters. The van der Waals surface area contributed by atoms with Crippen molar-refractivity contribution in [1.82, 2.24) is 30.8 Å². The predicted octanol–water partition coefficient (Wildman–Crippen LogP) is 0.667. The number of nitrogens with zero attached hydrogens (tertiary/aromatic N) is 3. The van der Waals surface area contributed by atoms with Gasteiger partial charge in [0.2, 0.25) is 5.91 Å². The fourth-order valence-electron chi connectivity index (χ4n) is 2.95. The lowest BCUT2D eigenvalue weighted by Crippen LogP contribution is -2.42. The van der Waals surface area contributed by atoms with Gasteiger partial charge in [0.25, 0.3) is 11.5 Å². The number of hydrogen-bond donors (Lipinski definition) is 3. The summed E-state index contributed by atoms with van der Waals surface area (Å²) in [5.41, 5.74) is 7.28. The Hall–Kier alpha value is -3.49. The minimum Gasteiger partial charge on any atom is -0.273 e. The summed E-state index contributed by atoms with van der Waals surface area (Å²) in [6, 6.07) is 6.63. The van der Waals surface area contributed by atoms with Gasteiger partial charge in [0.05, 0.1) is 11.1 Å². The Labute approximate surface area is 154 Å². The van der Waals surface area contributed by atoms with Crippen molar-refractivity contribution >= 4 is 22.6 Å². The van der Waals surface area contributed by atoms with Gasteiger partial charge in [0.15, 0.2) is 5.69 Å². The van der Waals surface area contributed by atoms with Crippen LogP contribution >= 0.6 is 0 Å². The standard InChI is InChI=1S/C18H20N6O3/c1-10-12(11(2)24(3)23-10)8-9-15(25)19-22-18(27)16-13-6-4-5-7-14(13)17(26)21-20-16/h4-7H,8-9H2,1-3H3,(H,19,25)(H,21,26)(H,22,27). The number of rotatable bonds is 4. The zero-order chi connectivity index (χ0) is 19.6. The van der Waals surface area contributed by atoms with Crippen molar-refractivity contribution in [2.45, 2.75) is 26.7 Å². The molecular weight excluding hydrogens is 348 g/mol. The maximum atomic E-state index is 12.3. The van der Waals surface area contributed by atoms with Crippen LogP contribution in [0.15, 0.2) is 29.1 Å². The summed E-state index contributed by atoms with van der Waals surface area (Å²) >= 11 is 0. The number of aryl methyl sites for hydroxylation is 2. The zero-order valence-corrected chi connectivity index (χ0v) is 15.3. The van der Waals surface area contributed by atoms with Crippen LogP contribution in [0, 0.1) is 13.8 Å². The van der Waals surface area contributed by atoms with Gasteiger partial charge < -0.3 is 0 Å². The van der Waals surface area contributed by atoms with Crippen LogP contribution in [0.5, 0.6) is 0 Å². The third-order valence-corrected chi connectivity index (χ3v) is 4.49. The molecule has 3 rings (SSSR count). The zero-order valence-electron chi connectivity index (χ0n) is 15.3. The second kappa shape index (κ2) is 7.40. The maximum Gasteiger partial charge on any atom is 0.290 e. The second-order valence-electron chi connectivity index (χ2n) is 6.22. The Morgan fingerprint density at radius 1 is 1.15 bits per heavy atom. The van der Waals surface area contributed by atoms with E-state index >= 15 is 0 Å². The molecule has 0 aliphatic heterocycles. The molecule has 0 fully saturated rings. The highest BCUT2D eigenvalue weighted by molar-refractivity contribution is 6.05. The first-order chi connectivity index (χ1) is 12.9. The molecule has 27 heavy (non-hydrogen) atoms. The molecule has 0 radical (unpaired) electrons. The molecular formula is C18H20N6O3. The van der Waals surface area contributed by atoms with E-state index in [1.807, 2.05) is 20.9 Å². The van der Waals surface area contributed by atoms with Crippen molar-refractivity contribution in [2.24, 2.45) is 7.05 Å². The molecule has 0 spiro atoms. The fraction of sp³-hybridized carbons (Fsp3) is 0.278. The molecule has 0 bridgehead atoms. The van der Waals surface area contributed by atoms with Gasteiger partial charge in [-0.05, 0) is 31.9 Å². The monoisotopic (exact) mass is 368 g/mol. The summed E-state index contributed by atoms with van der Waals surface area (Å²) in [6.45, 7) is 3.84. The van der Waals surface area contributed by atoms with Gasteiger partial charge in [-0.3, -0.25) is 29.9 Å². The highest BCUT2D eigenvalue weighted by atomic mass is 16.2. The van der Waals surface area contributed by atoms with Crippen LogP contribution < -0.4 is 16.4 Å². The lowest BCUT2D eigenvalue weighted by Gasteiger charge is -2.08. The molecule has 0 unspecified atom stereocenters. The molecule has 0 saturated heterocycles. The minimum atomic E-state index is -0.607. The van der Waals surface area contributed by atoms with Crippen molar-refractivity contribution in [2.75, 3.05) is 0 Å². The van der Waals surface area contributed by atoms with E-state index in [9.17, 15) is 14.4 Å². The summed E-state index contributed by atoms with van der Waals surface area (Å²) < 4.78 is 1.78. The third kappa shape index (κ3) is 3.71. The summed E-state index contributed by atoms with van der Waals surface area (Å²) in [4.78, 5) is 36.2. The minimum absolute atomic E-state index is 0.0319. The first kappa shape index (κ1) is 18.3. The molecule has 140 valence electrons. The van der Waals surface area contributed by atoms with Crippen LogP contribution in [0.4, 0.5) is 0 Å². The molecule has 2 heterocycles. The number of H-pyrrole nitrogens is 1. The number of carbonyl (C=O) groups is 2. The third-order valence-electron chi connectivity index (χ3n) is 4.49. The average Bonchev–Trinajstić information content (AvgIpc) is 2.90. The molecule has 9 heteroatoms. The van der Waals surface area contributed by atoms with Gasteiger partial charge in [-0.15, -0.1) is 0 Å². The molecule has 3 N–H and O–H groups in total. The van der Waals surface area contributed by atoms with Crippen molar-refractivity contribution in [3.8, 4) is 0 Å². The summed E-state index contributed by atoms with van der Waals surface area (Å²) in [5.74, 6) is -0.940. The van der Waals surface area contributed by atoms with E-state index in [1.54, 1.807) is 28.9 Å². The van der Waals surface area contributed by atoms with E-state index in [4.69, 9.17) is 0 Å². The Bertz CT molecular complexity index is 1080. The quantitative estimate of drug-likeness (QED) is 0.584. The highest BCUT2D eigenvalue weighted by Crippen LogP contribution is 2.14. The molecule has 3 aromatic rings. The summed E-state index contributed by atoms with van der Waals surface area (Å²) in [6.07, 6.45) is 0.723. The molecule has 2 aromatic heterocycles. The first-order valence-corrected chi connectivity index (χ1v) is 8.44. The van der Waals surface area contributed by atoms with Gasteiger partial charge in [0, 0.05) is 24.5 Å². The van der Waals surface area contributed by atoms with Crippen LogP contribution in [0.25, 0.3) is 10.8 Å². The molecule has 0 saturated carbocycles. The van der Waals surface area contributed by atoms with Crippen LogP contribution in [0.1, 0.15) is 33.9 Å². The largest absolute Gasteiger partial charge is 0.290 e. The Morgan fingerprint density at radius 3 is 2.52 bits per heavy atom. The number of aromatic amines is 1. The maximum absolute atomic E-state index is 12.3. The predicted molar refractivity (Wildman–Crippen MR) is 99.0 cm³/mol. The number of nitrogens with one attached hydrogen (secondary N) is 3. The van der Waals surface area contributed by atoms with E-state index in [1.165, 1.54) is 0 Å². The van der Waals surface area contributed by atoms with Crippen molar-refractivity contribution in [3.05, 3.63) is 57.3 Å². The Morgan fingerprint density at radius 2 is 1.85 bits per heavy atom. The molecule has 9 nitrogen and oxygen atoms in total. The van der Waals surface area contributed by atoms with E-state index in [0.29, 0.717) is 17.2 Å². The number of carbonyl (C=O) groups excluding carboxylic acids is 2. The number of hydrazine groups is 1. The topological polar surface area (TPSA) is 122 Å². The van der Waals surface area contributed by atoms with E-state index < -0.39 is 5.91 Å². The van der Waals surface area contributed by atoms with E-state index in [0.717, 1.165) is 17.0 Å². The normalized spacial score (nSPS) is 10.8. The fourth-order valence-corrected chi connectivity index (χ4v) is 2.95. The number of aromatic nitrogens is 4. The van der Waals surface area contributed by atoms with Crippen LogP contribution in [-0.2, 0) is 18.3 Å². The van der Waals surface area contributed by atoms with Gasteiger partial charge in [0.1, 0.15) is 0 Å². The first-order valence-electron chi connectivity index (χ1n) is 8.44. The Balaban J connectivity index is 1.63. The smallest absolute Gasteiger partial charge is 0.273 e. The number of benzene rings is 1. The van der Waals surface area contributed by atoms with Crippen LogP contribution in [0.2, 0.25) is 0 Å². The highest BCUT2D eigenvalue weighted by Gasteiger charge is 2.15. The number of hydrogen-bond acceptors (Lipinski definition) is 5. The van der Waals surface area contributed by atoms with Gasteiger partial charge in [-0.25, -0.2) is 5.10 Å². The summed E-state index contributed by atoms with van der Waals surface area (Å²) in [5, 5.41) is 11.2. The average molecular weight is 368 g/mol. The van der Waals surface area contributed by atoms with Crippen LogP contribution in [-0.4, -0.2) is 31.8 Å². The van der Waals surface area contributed by atoms with E-state index in [-0.39, 0.29) is 23.6 Å². The Kier molecular flexibility index (Phi) is 5.02. The van der Waals surface area contributed by atoms with Crippen molar-refractivity contribution in [3.63, 3.8) is 0 Å². The van der Waals surface area contributed by atoms with Crippen molar-refractivity contribution in [1.29, 1.82) is 0 Å². The van der Waals surface area contributed by atoms with Crippen molar-refractivity contribution < 1.29 is 9.59 Å². The second-order valence-corrected chi connectivity index (χ2v) is 6.22. The molecule has 2 amide bonds. The van der Waals surface area contributed by atoms with E-state index in [2.05, 4.69) is 26.1 Å². The SMILES string of the molecule is Cc1nn(C)c(C)c1CCC(=O)NNC(=O)c1n[nH]c(=O)c2ccccc12. The van der Waals surface area contributed by atoms with Gasteiger partial charge in [-0.1, -0.05) is 18.2 Å². The number of fused-ring (bicyclic) bond motifs is 1. The molecule has 0 aliphatic rings. The lowest BCUT2D eigenvalue weighted by molar-refractivity contribution is -0.121. The van der Waals surface area contributed by atoms with Gasteiger partial charge >= 0.3 is 0 Å². The number of amides is 2.